The highest BCUT2D eigenvalue weighted by Crippen LogP contribution is 2.31. The topological polar surface area (TPSA) is 98.5 Å². The first-order chi connectivity index (χ1) is 14.2. The second-order valence-corrected chi connectivity index (χ2v) is 6.03. The van der Waals surface area contributed by atoms with Gasteiger partial charge in [-0.3, -0.25) is 9.78 Å². The van der Waals surface area contributed by atoms with E-state index in [9.17, 15) is 4.79 Å². The number of para-hydroxylation sites is 2. The Morgan fingerprint density at radius 2 is 1.90 bits per heavy atom. The smallest absolute Gasteiger partial charge is 0.300 e. The van der Waals surface area contributed by atoms with Crippen LogP contribution in [0.15, 0.2) is 65.2 Å². The van der Waals surface area contributed by atoms with Crippen LogP contribution in [0.25, 0.3) is 11.1 Å². The van der Waals surface area contributed by atoms with Gasteiger partial charge in [-0.2, -0.15) is 4.98 Å². The number of pyridine rings is 1. The molecular formula is C21H18N4O4. The molecule has 2 aromatic heterocycles. The van der Waals surface area contributed by atoms with Gasteiger partial charge in [0.2, 0.25) is 0 Å². The van der Waals surface area contributed by atoms with Gasteiger partial charge >= 0.3 is 0 Å². The van der Waals surface area contributed by atoms with E-state index in [1.807, 2.05) is 24.3 Å². The number of oxazole rings is 1. The Morgan fingerprint density at radius 3 is 2.72 bits per heavy atom. The maximum absolute atomic E-state index is 11.7. The van der Waals surface area contributed by atoms with E-state index in [0.29, 0.717) is 34.4 Å². The third-order valence-electron chi connectivity index (χ3n) is 4.14. The number of amides is 1. The first-order valence-electron chi connectivity index (χ1n) is 8.83. The summed E-state index contributed by atoms with van der Waals surface area (Å²) in [6.07, 6.45) is 1.52. The van der Waals surface area contributed by atoms with Gasteiger partial charge in [0.25, 0.3) is 11.9 Å². The van der Waals surface area contributed by atoms with Crippen molar-refractivity contribution >= 4 is 28.7 Å². The van der Waals surface area contributed by atoms with Gasteiger partial charge in [0.15, 0.2) is 5.58 Å². The van der Waals surface area contributed by atoms with E-state index in [4.69, 9.17) is 13.9 Å². The van der Waals surface area contributed by atoms with Crippen molar-refractivity contribution in [1.82, 2.24) is 15.3 Å². The number of benzene rings is 2. The molecule has 146 valence electrons. The molecule has 2 heterocycles. The van der Waals surface area contributed by atoms with Crippen molar-refractivity contribution in [3.8, 4) is 17.2 Å². The molecule has 2 N–H and O–H groups in total. The number of nitrogens with one attached hydrogen (secondary N) is 2. The largest absolute Gasteiger partial charge is 0.495 e. The summed E-state index contributed by atoms with van der Waals surface area (Å²) < 4.78 is 17.0. The fourth-order valence-electron chi connectivity index (χ4n) is 2.75. The molecule has 1 amide bonds. The number of carbonyl (C=O) groups excluding carboxylic acids is 1. The summed E-state index contributed by atoms with van der Waals surface area (Å²) in [6.45, 7) is 0. The van der Waals surface area contributed by atoms with E-state index in [-0.39, 0.29) is 11.6 Å². The van der Waals surface area contributed by atoms with Gasteiger partial charge in [0, 0.05) is 25.4 Å². The summed E-state index contributed by atoms with van der Waals surface area (Å²) in [4.78, 5) is 20.2. The van der Waals surface area contributed by atoms with Crippen LogP contribution < -0.4 is 20.1 Å². The Labute approximate surface area is 166 Å². The number of nitrogens with zero attached hydrogens (tertiary/aromatic N) is 2. The minimum Gasteiger partial charge on any atom is -0.495 e. The normalized spacial score (nSPS) is 10.6. The number of methoxy groups -OCH3 is 1. The van der Waals surface area contributed by atoms with Crippen LogP contribution >= 0.6 is 0 Å². The van der Waals surface area contributed by atoms with Gasteiger partial charge in [-0.15, -0.1) is 0 Å². The first-order valence-corrected chi connectivity index (χ1v) is 8.83. The highest BCUT2D eigenvalue weighted by Gasteiger charge is 2.11. The molecular weight excluding hydrogens is 372 g/mol. The fraction of sp³-hybridized carbons (Fsp3) is 0.0952. The molecule has 0 aliphatic rings. The zero-order valence-electron chi connectivity index (χ0n) is 15.8. The summed E-state index contributed by atoms with van der Waals surface area (Å²) in [5.41, 5.74) is 2.25. The van der Waals surface area contributed by atoms with Gasteiger partial charge in [-0.05, 0) is 30.3 Å². The average molecular weight is 390 g/mol. The predicted octanol–water partition coefficient (Wildman–Crippen LogP) is 4.13. The average Bonchev–Trinajstić information content (AvgIpc) is 3.15. The number of fused-ring (bicyclic) bond motifs is 1. The maximum atomic E-state index is 11.7. The molecule has 2 aromatic carbocycles. The Balaban J connectivity index is 1.56. The van der Waals surface area contributed by atoms with Crippen LogP contribution in [0.1, 0.15) is 10.5 Å². The second kappa shape index (κ2) is 7.89. The lowest BCUT2D eigenvalue weighted by Crippen LogP contribution is -2.18. The van der Waals surface area contributed by atoms with Crippen LogP contribution in [-0.4, -0.2) is 30.0 Å². The lowest BCUT2D eigenvalue weighted by Gasteiger charge is -2.07. The zero-order chi connectivity index (χ0) is 20.2. The SMILES string of the molecule is CNC(=O)c1cc(Oc2ccc3nc(Nc4ccccc4OC)oc3c2)ccn1. The molecule has 0 saturated heterocycles. The summed E-state index contributed by atoms with van der Waals surface area (Å²) >= 11 is 0. The van der Waals surface area contributed by atoms with Crippen molar-refractivity contribution in [2.45, 2.75) is 0 Å². The van der Waals surface area contributed by atoms with E-state index < -0.39 is 0 Å². The molecule has 0 radical (unpaired) electrons. The van der Waals surface area contributed by atoms with Crippen LogP contribution in [-0.2, 0) is 0 Å². The lowest BCUT2D eigenvalue weighted by atomic mass is 10.3. The molecule has 0 aliphatic heterocycles. The highest BCUT2D eigenvalue weighted by molar-refractivity contribution is 5.92. The van der Waals surface area contributed by atoms with Crippen molar-refractivity contribution in [3.63, 3.8) is 0 Å². The van der Waals surface area contributed by atoms with E-state index >= 15 is 0 Å². The lowest BCUT2D eigenvalue weighted by molar-refractivity contribution is 0.0958. The van der Waals surface area contributed by atoms with E-state index in [1.165, 1.54) is 6.20 Å². The molecule has 0 aliphatic carbocycles. The highest BCUT2D eigenvalue weighted by atomic mass is 16.5. The third kappa shape index (κ3) is 3.96. The molecule has 0 fully saturated rings. The number of anilines is 2. The van der Waals surface area contributed by atoms with Crippen molar-refractivity contribution in [2.75, 3.05) is 19.5 Å². The van der Waals surface area contributed by atoms with E-state index in [2.05, 4.69) is 20.6 Å². The van der Waals surface area contributed by atoms with Gasteiger partial charge in [-0.25, -0.2) is 0 Å². The number of hydrogen-bond acceptors (Lipinski definition) is 7. The molecule has 4 rings (SSSR count). The quantitative estimate of drug-likeness (QED) is 0.511. The van der Waals surface area contributed by atoms with Gasteiger partial charge in [0.05, 0.1) is 12.8 Å². The van der Waals surface area contributed by atoms with Crippen LogP contribution in [0.4, 0.5) is 11.7 Å². The summed E-state index contributed by atoms with van der Waals surface area (Å²) in [6, 6.07) is 16.4. The molecule has 0 saturated carbocycles. The van der Waals surface area contributed by atoms with Crippen LogP contribution in [0.3, 0.4) is 0 Å². The van der Waals surface area contributed by atoms with E-state index in [0.717, 1.165) is 5.69 Å². The maximum Gasteiger partial charge on any atom is 0.300 e. The predicted molar refractivity (Wildman–Crippen MR) is 108 cm³/mol. The Hall–Kier alpha value is -4.07. The molecule has 8 heteroatoms. The zero-order valence-corrected chi connectivity index (χ0v) is 15.8. The van der Waals surface area contributed by atoms with Crippen molar-refractivity contribution in [3.05, 3.63) is 66.5 Å². The Kier molecular flexibility index (Phi) is 4.98. The monoisotopic (exact) mass is 390 g/mol. The van der Waals surface area contributed by atoms with Crippen LogP contribution in [0.2, 0.25) is 0 Å². The Bertz CT molecular complexity index is 1170. The second-order valence-electron chi connectivity index (χ2n) is 6.03. The van der Waals surface area contributed by atoms with Crippen LogP contribution in [0, 0.1) is 0 Å². The fourth-order valence-corrected chi connectivity index (χ4v) is 2.75. The number of aromatic nitrogens is 2. The molecule has 4 aromatic rings. The first kappa shape index (κ1) is 18.3. The van der Waals surface area contributed by atoms with E-state index in [1.54, 1.807) is 44.5 Å². The van der Waals surface area contributed by atoms with Crippen molar-refractivity contribution in [2.24, 2.45) is 0 Å². The summed E-state index contributed by atoms with van der Waals surface area (Å²) in [5.74, 6) is 1.44. The summed E-state index contributed by atoms with van der Waals surface area (Å²) in [7, 11) is 3.15. The molecule has 0 spiro atoms. The third-order valence-corrected chi connectivity index (χ3v) is 4.14. The molecule has 0 atom stereocenters. The summed E-state index contributed by atoms with van der Waals surface area (Å²) in [5, 5.41) is 5.64. The van der Waals surface area contributed by atoms with Gasteiger partial charge in [-0.1, -0.05) is 12.1 Å². The molecule has 0 unspecified atom stereocenters. The molecule has 29 heavy (non-hydrogen) atoms. The molecule has 0 bridgehead atoms. The number of ether oxygens (including phenoxy) is 2. The number of hydrogen-bond donors (Lipinski definition) is 2. The van der Waals surface area contributed by atoms with Crippen molar-refractivity contribution in [1.29, 1.82) is 0 Å². The van der Waals surface area contributed by atoms with Crippen molar-refractivity contribution < 1.29 is 18.7 Å². The molecule has 8 nitrogen and oxygen atoms in total. The number of carbonyl (C=O) groups is 1. The minimum absolute atomic E-state index is 0.272. The standard InChI is InChI=1S/C21H18N4O4/c1-22-20(26)17-11-14(9-10-23-17)28-13-7-8-16-19(12-13)29-21(25-16)24-15-5-3-4-6-18(15)27-2/h3-12H,1-2H3,(H,22,26)(H,24,25). The Morgan fingerprint density at radius 1 is 1.07 bits per heavy atom. The van der Waals surface area contributed by atoms with Gasteiger partial charge < -0.3 is 24.5 Å². The number of rotatable bonds is 6. The van der Waals surface area contributed by atoms with Crippen LogP contribution in [0.5, 0.6) is 17.2 Å². The minimum atomic E-state index is -0.284. The van der Waals surface area contributed by atoms with Gasteiger partial charge in [0.1, 0.15) is 28.5 Å².